The lowest BCUT2D eigenvalue weighted by Gasteiger charge is -2.23. The molecule has 0 radical (unpaired) electrons. The summed E-state index contributed by atoms with van der Waals surface area (Å²) in [5.74, 6) is -1.43. The van der Waals surface area contributed by atoms with E-state index in [9.17, 15) is 9.67 Å². The van der Waals surface area contributed by atoms with E-state index in [0.717, 1.165) is 0 Å². The van der Waals surface area contributed by atoms with E-state index in [-0.39, 0.29) is 23.8 Å². The second kappa shape index (κ2) is 6.90. The van der Waals surface area contributed by atoms with Crippen molar-refractivity contribution in [1.29, 1.82) is 0 Å². The predicted molar refractivity (Wildman–Crippen MR) is 72.3 cm³/mol. The zero-order valence-corrected chi connectivity index (χ0v) is 12.5. The molecular formula is C11H15Cl2O4P. The van der Waals surface area contributed by atoms with Crippen LogP contribution in [0.4, 0.5) is 0 Å². The minimum atomic E-state index is -3.65. The minimum Gasteiger partial charge on any atom is -0.376 e. The molecule has 1 N–H and O–H groups in total. The van der Waals surface area contributed by atoms with Crippen molar-refractivity contribution in [2.75, 3.05) is 13.2 Å². The van der Waals surface area contributed by atoms with E-state index in [1.165, 1.54) is 12.1 Å². The maximum atomic E-state index is 12.4. The molecule has 18 heavy (non-hydrogen) atoms. The molecule has 102 valence electrons. The summed E-state index contributed by atoms with van der Waals surface area (Å²) in [6.45, 7) is 3.67. The third-order valence-corrected chi connectivity index (χ3v) is 4.83. The monoisotopic (exact) mass is 312 g/mol. The molecule has 0 aliphatic heterocycles. The lowest BCUT2D eigenvalue weighted by Crippen LogP contribution is -2.06. The average molecular weight is 313 g/mol. The van der Waals surface area contributed by atoms with Gasteiger partial charge in [-0.3, -0.25) is 4.57 Å². The summed E-state index contributed by atoms with van der Waals surface area (Å²) in [6, 6.07) is 4.51. The van der Waals surface area contributed by atoms with Gasteiger partial charge in [-0.1, -0.05) is 29.3 Å². The fraction of sp³-hybridized carbons (Fsp3) is 0.455. The Kier molecular flexibility index (Phi) is 6.12. The second-order valence-corrected chi connectivity index (χ2v) is 6.34. The molecule has 0 aliphatic rings. The maximum Gasteiger partial charge on any atom is 0.363 e. The van der Waals surface area contributed by atoms with Crippen LogP contribution in [0.1, 0.15) is 25.3 Å². The molecule has 0 spiro atoms. The molecule has 0 amide bonds. The number of benzene rings is 1. The molecule has 0 aliphatic carbocycles. The lowest BCUT2D eigenvalue weighted by molar-refractivity contribution is 0.150. The highest BCUT2D eigenvalue weighted by molar-refractivity contribution is 7.54. The normalized spacial score (nSPS) is 13.6. The summed E-state index contributed by atoms with van der Waals surface area (Å²) in [5.41, 5.74) is 0.270. The number of aliphatic hydroxyl groups excluding tert-OH is 1. The van der Waals surface area contributed by atoms with E-state index in [4.69, 9.17) is 32.2 Å². The van der Waals surface area contributed by atoms with Crippen LogP contribution in [0.2, 0.25) is 10.0 Å². The number of aliphatic hydroxyl groups is 1. The Morgan fingerprint density at radius 1 is 1.28 bits per heavy atom. The van der Waals surface area contributed by atoms with Gasteiger partial charge in [0.1, 0.15) is 0 Å². The highest BCUT2D eigenvalue weighted by Gasteiger charge is 2.36. The largest absolute Gasteiger partial charge is 0.376 e. The molecule has 1 aromatic carbocycles. The van der Waals surface area contributed by atoms with Gasteiger partial charge >= 0.3 is 7.60 Å². The fourth-order valence-corrected chi connectivity index (χ4v) is 3.65. The quantitative estimate of drug-likeness (QED) is 0.798. The molecule has 0 aromatic heterocycles. The van der Waals surface area contributed by atoms with Crippen molar-refractivity contribution in [3.63, 3.8) is 0 Å². The van der Waals surface area contributed by atoms with Crippen LogP contribution < -0.4 is 0 Å². The molecule has 0 heterocycles. The van der Waals surface area contributed by atoms with Crippen LogP contribution in [0.5, 0.6) is 0 Å². The Morgan fingerprint density at radius 3 is 2.28 bits per heavy atom. The molecule has 1 unspecified atom stereocenters. The standard InChI is InChI=1S/C11H15Cl2O4P/c1-3-16-18(15,17-4-2)11(14)9-6-5-8(12)7-10(9)13/h5-7,11,14H,3-4H2,1-2H3. The topological polar surface area (TPSA) is 55.8 Å². The van der Waals surface area contributed by atoms with Gasteiger partial charge in [-0.25, -0.2) is 0 Å². The van der Waals surface area contributed by atoms with Gasteiger partial charge in [0.25, 0.3) is 0 Å². The third kappa shape index (κ3) is 3.70. The van der Waals surface area contributed by atoms with E-state index in [2.05, 4.69) is 0 Å². The zero-order valence-electron chi connectivity index (χ0n) is 10.1. The highest BCUT2D eigenvalue weighted by atomic mass is 35.5. The Balaban J connectivity index is 3.09. The molecular weight excluding hydrogens is 298 g/mol. The van der Waals surface area contributed by atoms with Crippen LogP contribution in [-0.4, -0.2) is 18.3 Å². The first-order chi connectivity index (χ1) is 8.44. The summed E-state index contributed by atoms with van der Waals surface area (Å²) in [5, 5.41) is 10.8. The van der Waals surface area contributed by atoms with Crippen molar-refractivity contribution in [1.82, 2.24) is 0 Å². The lowest BCUT2D eigenvalue weighted by atomic mass is 10.2. The van der Waals surface area contributed by atoms with Crippen LogP contribution in [-0.2, 0) is 13.6 Å². The van der Waals surface area contributed by atoms with Crippen LogP contribution in [0.3, 0.4) is 0 Å². The van der Waals surface area contributed by atoms with Crippen molar-refractivity contribution < 1.29 is 18.7 Å². The summed E-state index contributed by atoms with van der Waals surface area (Å²) in [6.07, 6.45) is 0. The van der Waals surface area contributed by atoms with Gasteiger partial charge in [-0.05, 0) is 26.0 Å². The molecule has 7 heteroatoms. The van der Waals surface area contributed by atoms with Crippen molar-refractivity contribution in [2.24, 2.45) is 0 Å². The van der Waals surface area contributed by atoms with Gasteiger partial charge in [-0.2, -0.15) is 0 Å². The average Bonchev–Trinajstić information content (AvgIpc) is 2.29. The van der Waals surface area contributed by atoms with Gasteiger partial charge in [0.15, 0.2) is 5.85 Å². The smallest absolute Gasteiger partial charge is 0.363 e. The van der Waals surface area contributed by atoms with Crippen LogP contribution in [0.15, 0.2) is 18.2 Å². The highest BCUT2D eigenvalue weighted by Crippen LogP contribution is 2.60. The molecule has 0 saturated carbocycles. The summed E-state index contributed by atoms with van der Waals surface area (Å²) in [7, 11) is -3.65. The first kappa shape index (κ1) is 16.0. The van der Waals surface area contributed by atoms with Gasteiger partial charge in [-0.15, -0.1) is 0 Å². The molecule has 1 atom stereocenters. The van der Waals surface area contributed by atoms with Crippen molar-refractivity contribution >= 4 is 30.8 Å². The van der Waals surface area contributed by atoms with Gasteiger partial charge < -0.3 is 14.2 Å². The summed E-state index contributed by atoms with van der Waals surface area (Å²) >= 11 is 11.7. The molecule has 1 aromatic rings. The Hall–Kier alpha value is -0.0900. The van der Waals surface area contributed by atoms with E-state index in [0.29, 0.717) is 5.02 Å². The van der Waals surface area contributed by atoms with Gasteiger partial charge in [0.2, 0.25) is 0 Å². The first-order valence-electron chi connectivity index (χ1n) is 5.46. The molecule has 0 saturated heterocycles. The Morgan fingerprint density at radius 2 is 1.83 bits per heavy atom. The maximum absolute atomic E-state index is 12.4. The zero-order chi connectivity index (χ0) is 13.8. The third-order valence-electron chi connectivity index (χ3n) is 2.16. The predicted octanol–water partition coefficient (Wildman–Crippen LogP) is 4.25. The second-order valence-electron chi connectivity index (χ2n) is 3.41. The van der Waals surface area contributed by atoms with E-state index < -0.39 is 13.4 Å². The van der Waals surface area contributed by atoms with E-state index in [1.54, 1.807) is 19.9 Å². The Labute approximate surface area is 116 Å². The molecule has 4 nitrogen and oxygen atoms in total. The summed E-state index contributed by atoms with van der Waals surface area (Å²) < 4.78 is 22.5. The number of rotatable bonds is 6. The number of hydrogen-bond donors (Lipinski definition) is 1. The van der Waals surface area contributed by atoms with Crippen molar-refractivity contribution in [3.8, 4) is 0 Å². The van der Waals surface area contributed by atoms with Gasteiger partial charge in [0, 0.05) is 15.6 Å². The SMILES string of the molecule is CCOP(=O)(OCC)C(O)c1ccc(Cl)cc1Cl. The Bertz CT molecular complexity index is 443. The van der Waals surface area contributed by atoms with Crippen molar-refractivity contribution in [3.05, 3.63) is 33.8 Å². The van der Waals surface area contributed by atoms with Crippen LogP contribution in [0.25, 0.3) is 0 Å². The summed E-state index contributed by atoms with van der Waals surface area (Å²) in [4.78, 5) is 0. The molecule has 0 bridgehead atoms. The first-order valence-corrected chi connectivity index (χ1v) is 7.83. The number of halogens is 2. The van der Waals surface area contributed by atoms with Crippen LogP contribution >= 0.6 is 30.8 Å². The van der Waals surface area contributed by atoms with E-state index >= 15 is 0 Å². The van der Waals surface area contributed by atoms with Crippen molar-refractivity contribution in [2.45, 2.75) is 19.7 Å². The molecule has 1 rings (SSSR count). The minimum absolute atomic E-state index is 0.166. The van der Waals surface area contributed by atoms with Crippen LogP contribution in [0, 0.1) is 0 Å². The fourth-order valence-electron chi connectivity index (χ4n) is 1.42. The number of hydrogen-bond acceptors (Lipinski definition) is 4. The molecule has 0 fully saturated rings. The van der Waals surface area contributed by atoms with E-state index in [1.807, 2.05) is 0 Å². The van der Waals surface area contributed by atoms with Gasteiger partial charge in [0.05, 0.1) is 13.2 Å².